The fourth-order valence-corrected chi connectivity index (χ4v) is 5.44. The topological polar surface area (TPSA) is 62.6 Å². The van der Waals surface area contributed by atoms with Gasteiger partial charge in [0.05, 0.1) is 0 Å². The molecule has 2 aliphatic rings. The highest BCUT2D eigenvalue weighted by atomic mass is 32.2. The second-order valence-electron chi connectivity index (χ2n) is 7.89. The van der Waals surface area contributed by atoms with Crippen LogP contribution in [0, 0.1) is 5.92 Å². The van der Waals surface area contributed by atoms with Crippen molar-refractivity contribution in [1.29, 1.82) is 0 Å². The maximum absolute atomic E-state index is 12.9. The molecule has 1 aromatic heterocycles. The summed E-state index contributed by atoms with van der Waals surface area (Å²) in [4.78, 5) is 6.30. The highest BCUT2D eigenvalue weighted by Gasteiger charge is 2.31. The average Bonchev–Trinajstić information content (AvgIpc) is 2.63. The molecule has 0 bridgehead atoms. The summed E-state index contributed by atoms with van der Waals surface area (Å²) in [5.41, 5.74) is 0. The Morgan fingerprint density at radius 2 is 1.77 bits per heavy atom. The minimum atomic E-state index is -3.77. The Kier molecular flexibility index (Phi) is 6.33. The summed E-state index contributed by atoms with van der Waals surface area (Å²) >= 11 is 0. The quantitative estimate of drug-likeness (QED) is 0.576. The lowest BCUT2D eigenvalue weighted by atomic mass is 9.85. The van der Waals surface area contributed by atoms with Gasteiger partial charge in [0.1, 0.15) is 5.84 Å². The summed E-state index contributed by atoms with van der Waals surface area (Å²) in [6, 6.07) is 5.61. The van der Waals surface area contributed by atoms with E-state index in [1.54, 1.807) is 12.1 Å². The predicted octanol–water partition coefficient (Wildman–Crippen LogP) is 4.40. The minimum absolute atomic E-state index is 0.0402. The average molecular weight is 378 g/mol. The van der Waals surface area contributed by atoms with E-state index in [2.05, 4.69) is 28.1 Å². The summed E-state index contributed by atoms with van der Waals surface area (Å²) in [6.45, 7) is 4.39. The van der Waals surface area contributed by atoms with E-state index in [1.807, 2.05) is 0 Å². The van der Waals surface area contributed by atoms with Crippen molar-refractivity contribution >= 4 is 15.9 Å². The molecule has 2 fully saturated rings. The molecule has 2 atom stereocenters. The Hall–Kier alpha value is -1.43. The van der Waals surface area contributed by atoms with E-state index in [9.17, 15) is 8.42 Å². The van der Waals surface area contributed by atoms with Gasteiger partial charge in [0.25, 0.3) is 0 Å². The lowest BCUT2D eigenvalue weighted by Crippen LogP contribution is -2.48. The first-order valence-electron chi connectivity index (χ1n) is 10.0. The van der Waals surface area contributed by atoms with Gasteiger partial charge in [-0.05, 0) is 51.2 Å². The van der Waals surface area contributed by atoms with Crippen molar-refractivity contribution in [3.63, 3.8) is 0 Å². The van der Waals surface area contributed by atoms with Crippen LogP contribution in [0.2, 0.25) is 0 Å². The fraction of sp³-hybridized carbons (Fsp3) is 0.700. The number of rotatable bonds is 4. The van der Waals surface area contributed by atoms with Crippen LogP contribution in [-0.4, -0.2) is 36.2 Å². The van der Waals surface area contributed by atoms with Gasteiger partial charge in [-0.3, -0.25) is 0 Å². The first-order valence-corrected chi connectivity index (χ1v) is 11.4. The minimum Gasteiger partial charge on any atom is -0.354 e. The monoisotopic (exact) mass is 377 g/mol. The summed E-state index contributed by atoms with van der Waals surface area (Å²) in [5, 5.41) is 0.0402. The number of sulfonamides is 1. The van der Waals surface area contributed by atoms with Crippen LogP contribution in [0.15, 0.2) is 33.8 Å². The first-order chi connectivity index (χ1) is 12.5. The van der Waals surface area contributed by atoms with Crippen molar-refractivity contribution in [2.75, 3.05) is 0 Å². The maximum Gasteiger partial charge on any atom is 0.301 e. The Balaban J connectivity index is 1.93. The standard InChI is InChI=1S/C20H31N3O2S/c1-16-9-8-10-17(2)23(16)19(15-18-11-4-3-5-12-18)22-26(24,25)20-13-6-7-14-21-20/h6-7,13-14,16-18H,3-5,8-12,15H2,1-2H3/t16-,17+. The number of hydrogen-bond donors (Lipinski definition) is 0. The van der Waals surface area contributed by atoms with E-state index in [-0.39, 0.29) is 5.03 Å². The van der Waals surface area contributed by atoms with Crippen molar-refractivity contribution in [2.24, 2.45) is 10.3 Å². The molecule has 1 aliphatic heterocycles. The molecule has 0 N–H and O–H groups in total. The molecule has 26 heavy (non-hydrogen) atoms. The Morgan fingerprint density at radius 3 is 2.38 bits per heavy atom. The molecule has 1 saturated carbocycles. The Morgan fingerprint density at radius 1 is 1.08 bits per heavy atom. The number of aromatic nitrogens is 1. The molecule has 3 rings (SSSR count). The van der Waals surface area contributed by atoms with Gasteiger partial charge in [-0.15, -0.1) is 4.40 Å². The Bertz CT molecular complexity index is 702. The van der Waals surface area contributed by atoms with Gasteiger partial charge < -0.3 is 4.90 Å². The first kappa shape index (κ1) is 19.3. The molecule has 0 amide bonds. The molecule has 2 heterocycles. The molecular formula is C20H31N3O2S. The molecular weight excluding hydrogens is 346 g/mol. The smallest absolute Gasteiger partial charge is 0.301 e. The Labute approximate surface area is 158 Å². The van der Waals surface area contributed by atoms with Crippen LogP contribution in [0.25, 0.3) is 0 Å². The zero-order chi connectivity index (χ0) is 18.6. The van der Waals surface area contributed by atoms with Crippen LogP contribution in [0.3, 0.4) is 0 Å². The van der Waals surface area contributed by atoms with Crippen LogP contribution in [-0.2, 0) is 10.0 Å². The predicted molar refractivity (Wildman–Crippen MR) is 105 cm³/mol. The van der Waals surface area contributed by atoms with E-state index >= 15 is 0 Å². The lowest BCUT2D eigenvalue weighted by molar-refractivity contribution is 0.184. The summed E-state index contributed by atoms with van der Waals surface area (Å²) in [7, 11) is -3.77. The largest absolute Gasteiger partial charge is 0.354 e. The third-order valence-corrected chi connectivity index (χ3v) is 7.04. The fourth-order valence-electron chi connectivity index (χ4n) is 4.45. The van der Waals surface area contributed by atoms with Crippen LogP contribution in [0.5, 0.6) is 0 Å². The third kappa shape index (κ3) is 4.64. The molecule has 0 aromatic carbocycles. The van der Waals surface area contributed by atoms with Gasteiger partial charge >= 0.3 is 10.0 Å². The molecule has 0 radical (unpaired) electrons. The zero-order valence-corrected chi connectivity index (χ0v) is 16.8. The van der Waals surface area contributed by atoms with Crippen LogP contribution in [0.1, 0.15) is 71.6 Å². The van der Waals surface area contributed by atoms with E-state index in [0.717, 1.165) is 25.1 Å². The number of amidine groups is 1. The highest BCUT2D eigenvalue weighted by molar-refractivity contribution is 7.90. The van der Waals surface area contributed by atoms with Crippen LogP contribution < -0.4 is 0 Å². The number of piperidine rings is 1. The van der Waals surface area contributed by atoms with Gasteiger partial charge in [-0.2, -0.15) is 8.42 Å². The second kappa shape index (κ2) is 8.51. The molecule has 1 aliphatic carbocycles. The van der Waals surface area contributed by atoms with Crippen molar-refractivity contribution in [2.45, 2.75) is 88.7 Å². The number of hydrogen-bond acceptors (Lipinski definition) is 3. The molecule has 0 unspecified atom stereocenters. The summed E-state index contributed by atoms with van der Waals surface area (Å²) < 4.78 is 30.1. The van der Waals surface area contributed by atoms with E-state index in [4.69, 9.17) is 0 Å². The summed E-state index contributed by atoms with van der Waals surface area (Å²) in [6.07, 6.45) is 11.8. The van der Waals surface area contributed by atoms with Gasteiger partial charge in [0.2, 0.25) is 0 Å². The molecule has 1 aromatic rings. The van der Waals surface area contributed by atoms with E-state index < -0.39 is 10.0 Å². The van der Waals surface area contributed by atoms with Crippen molar-refractivity contribution in [3.8, 4) is 0 Å². The lowest BCUT2D eigenvalue weighted by Gasteiger charge is -2.42. The van der Waals surface area contributed by atoms with Crippen molar-refractivity contribution < 1.29 is 8.42 Å². The number of pyridine rings is 1. The third-order valence-electron chi connectivity index (χ3n) is 5.82. The van der Waals surface area contributed by atoms with Crippen LogP contribution >= 0.6 is 0 Å². The van der Waals surface area contributed by atoms with Crippen molar-refractivity contribution in [3.05, 3.63) is 24.4 Å². The van der Waals surface area contributed by atoms with Gasteiger partial charge in [-0.25, -0.2) is 4.98 Å². The molecule has 6 heteroatoms. The molecule has 1 saturated heterocycles. The maximum atomic E-state index is 12.9. The van der Waals surface area contributed by atoms with Gasteiger partial charge in [0.15, 0.2) is 5.03 Å². The highest BCUT2D eigenvalue weighted by Crippen LogP contribution is 2.31. The van der Waals surface area contributed by atoms with Crippen molar-refractivity contribution in [1.82, 2.24) is 9.88 Å². The number of nitrogens with zero attached hydrogens (tertiary/aromatic N) is 3. The molecule has 144 valence electrons. The SMILES string of the molecule is C[C@@H]1CCC[C@H](C)N1C(CC1CCCCC1)=NS(=O)(=O)c1ccccn1. The van der Waals surface area contributed by atoms with Gasteiger partial charge in [-0.1, -0.05) is 38.2 Å². The van der Waals surface area contributed by atoms with E-state index in [0.29, 0.717) is 18.0 Å². The van der Waals surface area contributed by atoms with Gasteiger partial charge in [0, 0.05) is 24.7 Å². The molecule has 0 spiro atoms. The van der Waals surface area contributed by atoms with Crippen LogP contribution in [0.4, 0.5) is 0 Å². The summed E-state index contributed by atoms with van der Waals surface area (Å²) in [5.74, 6) is 1.30. The number of likely N-dealkylation sites (tertiary alicyclic amines) is 1. The second-order valence-corrected chi connectivity index (χ2v) is 9.45. The van der Waals surface area contributed by atoms with E-state index in [1.165, 1.54) is 50.8 Å². The normalized spacial score (nSPS) is 26.1. The zero-order valence-electron chi connectivity index (χ0n) is 16.0. The molecule has 5 nitrogen and oxygen atoms in total.